The van der Waals surface area contributed by atoms with Gasteiger partial charge in [-0.2, -0.15) is 0 Å². The molecule has 17 heavy (non-hydrogen) atoms. The molecule has 0 fully saturated rings. The van der Waals surface area contributed by atoms with Crippen LogP contribution in [0.25, 0.3) is 0 Å². The van der Waals surface area contributed by atoms with Crippen LogP contribution in [0.1, 0.15) is 45.4 Å². The quantitative estimate of drug-likeness (QED) is 0.398. The number of unbranched alkanes of at least 4 members (excludes halogenated alkanes) is 3. The Bertz CT molecular complexity index is 352. The predicted octanol–water partition coefficient (Wildman–Crippen LogP) is 3.63. The number of hydrogen-bond donors (Lipinski definition) is 0. The van der Waals surface area contributed by atoms with Crippen LogP contribution >= 0.6 is 0 Å². The first-order chi connectivity index (χ1) is 8.27. The Balaban J connectivity index is 2.00. The van der Waals surface area contributed by atoms with E-state index in [4.69, 9.17) is 4.74 Å². The van der Waals surface area contributed by atoms with Crippen molar-refractivity contribution < 1.29 is 9.53 Å². The van der Waals surface area contributed by atoms with Gasteiger partial charge in [0.05, 0.1) is 7.11 Å². The zero-order valence-corrected chi connectivity index (χ0v) is 10.9. The lowest BCUT2D eigenvalue weighted by molar-refractivity contribution is -0.136. The van der Waals surface area contributed by atoms with Gasteiger partial charge in [-0.1, -0.05) is 43.9 Å². The fraction of sp³-hybridized carbons (Fsp3) is 0.667. The number of rotatable bonds is 6. The lowest BCUT2D eigenvalue weighted by Crippen LogP contribution is -2.12. The van der Waals surface area contributed by atoms with Gasteiger partial charge < -0.3 is 4.74 Å². The summed E-state index contributed by atoms with van der Waals surface area (Å²) in [5.41, 5.74) is 2.33. The van der Waals surface area contributed by atoms with Crippen molar-refractivity contribution >= 4 is 5.97 Å². The smallest absolute Gasteiger partial charge is 0.334 e. The Morgan fingerprint density at radius 3 is 2.76 bits per heavy atom. The van der Waals surface area contributed by atoms with Gasteiger partial charge in [0.1, 0.15) is 0 Å². The monoisotopic (exact) mass is 234 g/mol. The number of carbonyl (C=O) groups is 1. The molecule has 0 amide bonds. The lowest BCUT2D eigenvalue weighted by atomic mass is 9.92. The van der Waals surface area contributed by atoms with Crippen molar-refractivity contribution in [1.82, 2.24) is 0 Å². The fourth-order valence-electron chi connectivity index (χ4n) is 3.06. The number of fused-ring (bicyclic) bond motifs is 2. The second-order valence-corrected chi connectivity index (χ2v) is 5.07. The normalized spacial score (nSPS) is 25.8. The molecule has 2 bridgehead atoms. The maximum Gasteiger partial charge on any atom is 0.334 e. The van der Waals surface area contributed by atoms with E-state index in [1.54, 1.807) is 0 Å². The number of carbonyl (C=O) groups excluding carboxylic acids is 1. The summed E-state index contributed by atoms with van der Waals surface area (Å²) in [6.07, 6.45) is 11.7. The van der Waals surface area contributed by atoms with Crippen LogP contribution < -0.4 is 0 Å². The highest BCUT2D eigenvalue weighted by atomic mass is 16.5. The van der Waals surface area contributed by atoms with E-state index in [9.17, 15) is 4.79 Å². The Morgan fingerprint density at radius 2 is 2.06 bits per heavy atom. The molecule has 94 valence electrons. The van der Waals surface area contributed by atoms with E-state index in [1.807, 2.05) is 0 Å². The first kappa shape index (κ1) is 12.4. The van der Waals surface area contributed by atoms with Crippen LogP contribution in [-0.4, -0.2) is 13.1 Å². The summed E-state index contributed by atoms with van der Waals surface area (Å²) in [7, 11) is 1.49. The molecule has 0 N–H and O–H groups in total. The first-order valence-electron chi connectivity index (χ1n) is 6.77. The van der Waals surface area contributed by atoms with Crippen molar-refractivity contribution in [2.24, 2.45) is 11.8 Å². The lowest BCUT2D eigenvalue weighted by Gasteiger charge is -2.14. The third-order valence-electron chi connectivity index (χ3n) is 3.95. The molecule has 2 aliphatic rings. The van der Waals surface area contributed by atoms with Crippen molar-refractivity contribution in [3.8, 4) is 0 Å². The SMILES string of the molecule is CCCCCCC1=C(C(=O)OC)C2C=CC1C2. The van der Waals surface area contributed by atoms with E-state index in [1.165, 1.54) is 38.4 Å². The summed E-state index contributed by atoms with van der Waals surface area (Å²) >= 11 is 0. The molecule has 2 unspecified atom stereocenters. The van der Waals surface area contributed by atoms with Crippen molar-refractivity contribution in [2.45, 2.75) is 45.4 Å². The highest BCUT2D eigenvalue weighted by molar-refractivity contribution is 5.91. The second kappa shape index (κ2) is 5.52. The van der Waals surface area contributed by atoms with Gasteiger partial charge in [0.25, 0.3) is 0 Å². The molecule has 0 aromatic rings. The minimum atomic E-state index is -0.104. The van der Waals surface area contributed by atoms with E-state index in [0.29, 0.717) is 11.8 Å². The molecule has 2 nitrogen and oxygen atoms in total. The van der Waals surface area contributed by atoms with Crippen molar-refractivity contribution in [2.75, 3.05) is 7.11 Å². The van der Waals surface area contributed by atoms with Gasteiger partial charge in [-0.3, -0.25) is 0 Å². The number of ether oxygens (including phenoxy) is 1. The van der Waals surface area contributed by atoms with Gasteiger partial charge in [-0.05, 0) is 25.2 Å². The van der Waals surface area contributed by atoms with Gasteiger partial charge in [0, 0.05) is 11.5 Å². The summed E-state index contributed by atoms with van der Waals surface area (Å²) in [5, 5.41) is 0. The van der Waals surface area contributed by atoms with E-state index in [-0.39, 0.29) is 5.97 Å². The second-order valence-electron chi connectivity index (χ2n) is 5.07. The third kappa shape index (κ3) is 2.46. The largest absolute Gasteiger partial charge is 0.466 e. The highest BCUT2D eigenvalue weighted by Gasteiger charge is 2.38. The Kier molecular flexibility index (Phi) is 4.03. The zero-order valence-electron chi connectivity index (χ0n) is 10.9. The zero-order chi connectivity index (χ0) is 12.3. The summed E-state index contributed by atoms with van der Waals surface area (Å²) < 4.78 is 4.91. The van der Waals surface area contributed by atoms with Crippen molar-refractivity contribution in [3.05, 3.63) is 23.3 Å². The van der Waals surface area contributed by atoms with E-state index < -0.39 is 0 Å². The van der Waals surface area contributed by atoms with Crippen LogP contribution in [0.15, 0.2) is 23.3 Å². The van der Waals surface area contributed by atoms with Crippen molar-refractivity contribution in [1.29, 1.82) is 0 Å². The average Bonchev–Trinajstić information content (AvgIpc) is 2.94. The van der Waals surface area contributed by atoms with Gasteiger partial charge >= 0.3 is 5.97 Å². The van der Waals surface area contributed by atoms with Crippen LogP contribution in [0.5, 0.6) is 0 Å². The number of allylic oxidation sites excluding steroid dienone is 3. The summed E-state index contributed by atoms with van der Waals surface area (Å²) in [6, 6.07) is 0. The van der Waals surface area contributed by atoms with Gasteiger partial charge in [-0.25, -0.2) is 4.79 Å². The summed E-state index contributed by atoms with van der Waals surface area (Å²) in [6.45, 7) is 2.22. The fourth-order valence-corrected chi connectivity index (χ4v) is 3.06. The molecule has 2 heteroatoms. The van der Waals surface area contributed by atoms with Gasteiger partial charge in [0.15, 0.2) is 0 Å². The molecule has 0 aromatic carbocycles. The number of esters is 1. The van der Waals surface area contributed by atoms with E-state index in [2.05, 4.69) is 19.1 Å². The minimum absolute atomic E-state index is 0.104. The molecular weight excluding hydrogens is 212 g/mol. The number of methoxy groups -OCH3 is 1. The van der Waals surface area contributed by atoms with Gasteiger partial charge in [0.2, 0.25) is 0 Å². The maximum atomic E-state index is 11.8. The molecule has 2 aliphatic carbocycles. The van der Waals surface area contributed by atoms with Crippen LogP contribution in [-0.2, 0) is 9.53 Å². The Hall–Kier alpha value is -1.05. The molecule has 0 spiro atoms. The van der Waals surface area contributed by atoms with Gasteiger partial charge in [-0.15, -0.1) is 0 Å². The standard InChI is InChI=1S/C15H22O2/c1-3-4-5-6-7-13-11-8-9-12(10-11)14(13)15(16)17-2/h8-9,11-12H,3-7,10H2,1-2H3. The highest BCUT2D eigenvalue weighted by Crippen LogP contribution is 2.46. The van der Waals surface area contributed by atoms with E-state index in [0.717, 1.165) is 18.4 Å². The van der Waals surface area contributed by atoms with Crippen LogP contribution in [0, 0.1) is 11.8 Å². The molecule has 0 saturated heterocycles. The topological polar surface area (TPSA) is 26.3 Å². The Labute approximate surface area is 104 Å². The maximum absolute atomic E-state index is 11.8. The molecule has 0 aliphatic heterocycles. The van der Waals surface area contributed by atoms with Crippen LogP contribution in [0.3, 0.4) is 0 Å². The molecular formula is C15H22O2. The predicted molar refractivity (Wildman–Crippen MR) is 68.5 cm³/mol. The average molecular weight is 234 g/mol. The Morgan fingerprint density at radius 1 is 1.29 bits per heavy atom. The first-order valence-corrected chi connectivity index (χ1v) is 6.77. The third-order valence-corrected chi connectivity index (χ3v) is 3.95. The molecule has 2 atom stereocenters. The van der Waals surface area contributed by atoms with Crippen LogP contribution in [0.2, 0.25) is 0 Å². The summed E-state index contributed by atoms with van der Waals surface area (Å²) in [4.78, 5) is 11.8. The van der Waals surface area contributed by atoms with E-state index >= 15 is 0 Å². The molecule has 2 rings (SSSR count). The van der Waals surface area contributed by atoms with Crippen LogP contribution in [0.4, 0.5) is 0 Å². The summed E-state index contributed by atoms with van der Waals surface area (Å²) in [5.74, 6) is 0.761. The molecule has 0 saturated carbocycles. The minimum Gasteiger partial charge on any atom is -0.466 e. The molecule has 0 aromatic heterocycles. The number of hydrogen-bond acceptors (Lipinski definition) is 2. The molecule has 0 radical (unpaired) electrons. The van der Waals surface area contributed by atoms with Crippen molar-refractivity contribution in [3.63, 3.8) is 0 Å². The molecule has 0 heterocycles.